The number of carbonyl (C=O) groups excluding carboxylic acids is 2. The molecule has 2 heterocycles. The van der Waals surface area contributed by atoms with E-state index in [1.807, 2.05) is 0 Å². The Labute approximate surface area is 188 Å². The van der Waals surface area contributed by atoms with Crippen molar-refractivity contribution in [2.45, 2.75) is 36.0 Å². The van der Waals surface area contributed by atoms with Crippen LogP contribution >= 0.6 is 0 Å². The maximum atomic E-state index is 13.6. The number of methoxy groups -OCH3 is 1. The molecule has 2 aliphatic rings. The molecule has 35 heavy (non-hydrogen) atoms. The maximum Gasteiger partial charge on any atom is 0.465 e. The van der Waals surface area contributed by atoms with Gasteiger partial charge >= 0.3 is 36.1 Å². The Morgan fingerprint density at radius 3 is 2.06 bits per heavy atom. The highest BCUT2D eigenvalue weighted by Gasteiger charge is 2.67. The summed E-state index contributed by atoms with van der Waals surface area (Å²) in [4.78, 5) is 27.4. The highest BCUT2D eigenvalue weighted by Crippen LogP contribution is 2.53. The summed E-state index contributed by atoms with van der Waals surface area (Å²) >= 11 is 0. The van der Waals surface area contributed by atoms with Gasteiger partial charge in [0.25, 0.3) is 0 Å². The molecule has 0 aliphatic carbocycles. The molecule has 1 amide bonds. The van der Waals surface area contributed by atoms with E-state index in [-0.39, 0.29) is 22.6 Å². The van der Waals surface area contributed by atoms with Crippen LogP contribution in [0.5, 0.6) is 11.5 Å². The number of hydrogen-bond donors (Lipinski definition) is 0. The largest absolute Gasteiger partial charge is 0.493 e. The quantitative estimate of drug-likeness (QED) is 0.327. The lowest BCUT2D eigenvalue weighted by Gasteiger charge is -2.29. The van der Waals surface area contributed by atoms with E-state index in [9.17, 15) is 53.5 Å². The number of ether oxygens (including phenoxy) is 2. The molecule has 1 aromatic carbocycles. The summed E-state index contributed by atoms with van der Waals surface area (Å²) in [5.74, 6) is -18.6. The SMILES string of the molecule is C=C1N(C(=O)C(F)(F)C(F)(F)F)CCC12C=Nc1cc(OC(=O)C(F)(F)C(F)(F)F)c(OC)cc12. The number of rotatable bonds is 4. The van der Waals surface area contributed by atoms with Gasteiger partial charge in [-0.1, -0.05) is 6.58 Å². The molecule has 1 aromatic rings. The third-order valence-electron chi connectivity index (χ3n) is 5.44. The molecular formula is C19H12F10N2O4. The van der Waals surface area contributed by atoms with Crippen molar-refractivity contribution >= 4 is 23.8 Å². The van der Waals surface area contributed by atoms with Crippen molar-refractivity contribution in [3.05, 3.63) is 30.0 Å². The molecule has 1 unspecified atom stereocenters. The highest BCUT2D eigenvalue weighted by atomic mass is 19.4. The second-order valence-corrected chi connectivity index (χ2v) is 7.44. The predicted octanol–water partition coefficient (Wildman–Crippen LogP) is 4.70. The number of esters is 1. The molecule has 1 spiro atoms. The van der Waals surface area contributed by atoms with E-state index in [0.29, 0.717) is 0 Å². The van der Waals surface area contributed by atoms with Gasteiger partial charge in [0.15, 0.2) is 11.5 Å². The summed E-state index contributed by atoms with van der Waals surface area (Å²) in [6.45, 7) is 2.80. The van der Waals surface area contributed by atoms with Gasteiger partial charge in [-0.3, -0.25) is 9.79 Å². The second-order valence-electron chi connectivity index (χ2n) is 7.44. The van der Waals surface area contributed by atoms with Crippen molar-refractivity contribution in [2.75, 3.05) is 13.7 Å². The third kappa shape index (κ3) is 3.87. The molecule has 0 N–H and O–H groups in total. The van der Waals surface area contributed by atoms with Crippen LogP contribution in [0.25, 0.3) is 0 Å². The van der Waals surface area contributed by atoms with Crippen molar-refractivity contribution in [1.82, 2.24) is 4.90 Å². The van der Waals surface area contributed by atoms with Crippen LogP contribution in [0.2, 0.25) is 0 Å². The average molecular weight is 522 g/mol. The van der Waals surface area contributed by atoms with Gasteiger partial charge in [-0.2, -0.15) is 43.9 Å². The Morgan fingerprint density at radius 1 is 0.971 bits per heavy atom. The zero-order valence-corrected chi connectivity index (χ0v) is 17.2. The molecule has 2 aliphatic heterocycles. The fourth-order valence-corrected chi connectivity index (χ4v) is 3.53. The first-order valence-corrected chi connectivity index (χ1v) is 9.21. The van der Waals surface area contributed by atoms with Crippen molar-refractivity contribution in [3.63, 3.8) is 0 Å². The topological polar surface area (TPSA) is 68.2 Å². The van der Waals surface area contributed by atoms with E-state index in [0.717, 1.165) is 25.5 Å². The van der Waals surface area contributed by atoms with E-state index < -0.39 is 65.2 Å². The molecule has 6 nitrogen and oxygen atoms in total. The molecule has 1 saturated heterocycles. The summed E-state index contributed by atoms with van der Waals surface area (Å²) in [7, 11) is 0.923. The molecule has 0 bridgehead atoms. The number of likely N-dealkylation sites (tertiary alicyclic amines) is 1. The van der Waals surface area contributed by atoms with Crippen molar-refractivity contribution < 1.29 is 63.0 Å². The van der Waals surface area contributed by atoms with Crippen LogP contribution < -0.4 is 9.47 Å². The van der Waals surface area contributed by atoms with Crippen LogP contribution in [0.4, 0.5) is 49.6 Å². The number of carbonyl (C=O) groups is 2. The van der Waals surface area contributed by atoms with Crippen LogP contribution in [0.3, 0.4) is 0 Å². The smallest absolute Gasteiger partial charge is 0.465 e. The fraction of sp³-hybridized carbons (Fsp3) is 0.421. The van der Waals surface area contributed by atoms with Gasteiger partial charge in [0.2, 0.25) is 0 Å². The van der Waals surface area contributed by atoms with Crippen molar-refractivity contribution in [3.8, 4) is 11.5 Å². The number of aliphatic imine (C=N–C) groups is 1. The number of fused-ring (bicyclic) bond motifs is 2. The van der Waals surface area contributed by atoms with Gasteiger partial charge in [0.1, 0.15) is 0 Å². The number of alkyl halides is 10. The molecular weight excluding hydrogens is 510 g/mol. The molecule has 3 rings (SSSR count). The van der Waals surface area contributed by atoms with E-state index in [2.05, 4.69) is 16.3 Å². The van der Waals surface area contributed by atoms with E-state index >= 15 is 0 Å². The Kier molecular flexibility index (Phi) is 5.89. The van der Waals surface area contributed by atoms with Gasteiger partial charge in [-0.25, -0.2) is 4.79 Å². The third-order valence-corrected chi connectivity index (χ3v) is 5.44. The minimum Gasteiger partial charge on any atom is -0.493 e. The van der Waals surface area contributed by atoms with Crippen molar-refractivity contribution in [2.24, 2.45) is 4.99 Å². The molecule has 1 atom stereocenters. The first-order chi connectivity index (χ1) is 15.8. The van der Waals surface area contributed by atoms with Gasteiger partial charge in [-0.05, 0) is 18.1 Å². The van der Waals surface area contributed by atoms with E-state index in [1.54, 1.807) is 0 Å². The number of nitrogens with zero attached hydrogens (tertiary/aromatic N) is 2. The number of allylic oxidation sites excluding steroid dienone is 1. The fourth-order valence-electron chi connectivity index (χ4n) is 3.53. The Balaban J connectivity index is 1.96. The normalized spacial score (nSPS) is 20.4. The van der Waals surface area contributed by atoms with Crippen LogP contribution in [0.1, 0.15) is 12.0 Å². The Hall–Kier alpha value is -3.33. The van der Waals surface area contributed by atoms with Crippen LogP contribution in [0, 0.1) is 0 Å². The number of hydrogen-bond acceptors (Lipinski definition) is 5. The Morgan fingerprint density at radius 2 is 1.54 bits per heavy atom. The zero-order chi connectivity index (χ0) is 26.8. The lowest BCUT2D eigenvalue weighted by molar-refractivity contribution is -0.276. The standard InChI is InChI=1S/C19H12F10N2O4/c1-8-15(3-4-31(8)13(32)16(20,21)18(24,25)26)7-30-10-6-12(11(34-2)5-9(10)15)35-14(33)17(22,23)19(27,28)29/h5-7H,1,3-4H2,2H3. The van der Waals surface area contributed by atoms with Crippen LogP contribution in [-0.2, 0) is 15.0 Å². The van der Waals surface area contributed by atoms with Crippen LogP contribution in [-0.4, -0.2) is 60.8 Å². The van der Waals surface area contributed by atoms with Crippen molar-refractivity contribution in [1.29, 1.82) is 0 Å². The van der Waals surface area contributed by atoms with Gasteiger partial charge in [0, 0.05) is 24.5 Å². The summed E-state index contributed by atoms with van der Waals surface area (Å²) in [6.07, 6.45) is -11.7. The lowest BCUT2D eigenvalue weighted by atomic mass is 9.79. The average Bonchev–Trinajstić information content (AvgIpc) is 3.26. The summed E-state index contributed by atoms with van der Waals surface area (Å²) in [5.41, 5.74) is -2.39. The Bertz CT molecular complexity index is 1130. The lowest BCUT2D eigenvalue weighted by Crippen LogP contribution is -2.51. The van der Waals surface area contributed by atoms with E-state index in [1.165, 1.54) is 0 Å². The zero-order valence-electron chi connectivity index (χ0n) is 17.2. The predicted molar refractivity (Wildman–Crippen MR) is 95.9 cm³/mol. The number of amides is 1. The minimum atomic E-state index is -6.26. The molecule has 1 fully saturated rings. The molecule has 0 aromatic heterocycles. The summed E-state index contributed by atoms with van der Waals surface area (Å²) < 4.78 is 138. The monoisotopic (exact) mass is 522 g/mol. The molecule has 0 saturated carbocycles. The maximum absolute atomic E-state index is 13.6. The van der Waals surface area contributed by atoms with Gasteiger partial charge in [-0.15, -0.1) is 0 Å². The van der Waals surface area contributed by atoms with Crippen LogP contribution in [0.15, 0.2) is 29.4 Å². The van der Waals surface area contributed by atoms with Gasteiger partial charge < -0.3 is 14.4 Å². The first kappa shape index (κ1) is 26.3. The van der Waals surface area contributed by atoms with E-state index in [4.69, 9.17) is 4.74 Å². The first-order valence-electron chi connectivity index (χ1n) is 9.21. The number of halogens is 10. The number of benzene rings is 1. The second kappa shape index (κ2) is 7.84. The minimum absolute atomic E-state index is 0.0210. The summed E-state index contributed by atoms with van der Waals surface area (Å²) in [5, 5.41) is 0. The van der Waals surface area contributed by atoms with Gasteiger partial charge in [0.05, 0.1) is 18.2 Å². The molecule has 16 heteroatoms. The molecule has 192 valence electrons. The summed E-state index contributed by atoms with van der Waals surface area (Å²) in [6, 6.07) is 1.67. The molecule has 0 radical (unpaired) electrons. The highest BCUT2D eigenvalue weighted by molar-refractivity contribution is 5.95.